The molecule has 0 aromatic heterocycles. The van der Waals surface area contributed by atoms with E-state index in [-0.39, 0.29) is 29.3 Å². The van der Waals surface area contributed by atoms with E-state index >= 15 is 0 Å². The summed E-state index contributed by atoms with van der Waals surface area (Å²) in [5, 5.41) is 2.62. The molecule has 0 fully saturated rings. The molecule has 180 valence electrons. The number of amides is 1. The van der Waals surface area contributed by atoms with Gasteiger partial charge in [0.05, 0.1) is 9.79 Å². The molecule has 0 radical (unpaired) electrons. The molecular formula is C23H24BrN3O5S2. The fourth-order valence-corrected chi connectivity index (χ4v) is 5.32. The monoisotopic (exact) mass is 565 g/mol. The Bertz CT molecular complexity index is 1310. The molecule has 0 aliphatic rings. The molecule has 34 heavy (non-hydrogen) atoms. The average Bonchev–Trinajstić information content (AvgIpc) is 2.80. The van der Waals surface area contributed by atoms with Gasteiger partial charge in [-0.15, -0.1) is 0 Å². The van der Waals surface area contributed by atoms with Crippen molar-refractivity contribution in [1.82, 2.24) is 9.44 Å². The van der Waals surface area contributed by atoms with Crippen molar-refractivity contribution in [2.75, 3.05) is 18.4 Å². The molecule has 1 amide bonds. The van der Waals surface area contributed by atoms with Gasteiger partial charge in [-0.1, -0.05) is 46.3 Å². The second kappa shape index (κ2) is 11.7. The highest BCUT2D eigenvalue weighted by Crippen LogP contribution is 2.16. The molecule has 0 aliphatic carbocycles. The van der Waals surface area contributed by atoms with Gasteiger partial charge in [0.15, 0.2) is 0 Å². The average molecular weight is 566 g/mol. The second-order valence-electron chi connectivity index (χ2n) is 7.31. The summed E-state index contributed by atoms with van der Waals surface area (Å²) in [5.74, 6) is -0.407. The number of anilines is 1. The number of hydrogen-bond acceptors (Lipinski definition) is 5. The summed E-state index contributed by atoms with van der Waals surface area (Å²) >= 11 is 3.25. The van der Waals surface area contributed by atoms with E-state index < -0.39 is 26.0 Å². The van der Waals surface area contributed by atoms with E-state index in [1.165, 1.54) is 36.4 Å². The number of carbonyl (C=O) groups excluding carboxylic acids is 1. The molecule has 11 heteroatoms. The minimum absolute atomic E-state index is 0.0813. The van der Waals surface area contributed by atoms with Crippen LogP contribution < -0.4 is 14.8 Å². The van der Waals surface area contributed by atoms with E-state index in [1.54, 1.807) is 12.1 Å². The topological polar surface area (TPSA) is 121 Å². The summed E-state index contributed by atoms with van der Waals surface area (Å²) in [6.07, 6.45) is 0.483. The third kappa shape index (κ3) is 7.74. The molecule has 0 aliphatic heterocycles. The number of carbonyl (C=O) groups is 1. The molecule has 0 saturated carbocycles. The Labute approximate surface area is 208 Å². The van der Waals surface area contributed by atoms with Crippen molar-refractivity contribution in [3.8, 4) is 0 Å². The van der Waals surface area contributed by atoms with Gasteiger partial charge in [-0.05, 0) is 60.5 Å². The zero-order valence-corrected chi connectivity index (χ0v) is 21.3. The van der Waals surface area contributed by atoms with Crippen LogP contribution in [-0.2, 0) is 31.3 Å². The van der Waals surface area contributed by atoms with Gasteiger partial charge in [0.25, 0.3) is 0 Å². The summed E-state index contributed by atoms with van der Waals surface area (Å²) in [6, 6.07) is 21.5. The van der Waals surface area contributed by atoms with Crippen LogP contribution in [0.1, 0.15) is 12.0 Å². The Morgan fingerprint density at radius 1 is 0.706 bits per heavy atom. The lowest BCUT2D eigenvalue weighted by molar-refractivity contribution is -0.116. The molecule has 0 heterocycles. The molecule has 3 rings (SSSR count). The van der Waals surface area contributed by atoms with Gasteiger partial charge >= 0.3 is 0 Å². The molecule has 3 N–H and O–H groups in total. The first-order valence-corrected chi connectivity index (χ1v) is 14.1. The first-order valence-electron chi connectivity index (χ1n) is 10.3. The SMILES string of the molecule is O=C(CCNS(=O)(=O)c1ccc(Br)cc1)Nc1ccc(S(=O)(=O)NCCc2ccccc2)cc1. The van der Waals surface area contributed by atoms with E-state index in [0.717, 1.165) is 10.0 Å². The van der Waals surface area contributed by atoms with Gasteiger partial charge in [0, 0.05) is 29.7 Å². The molecule has 0 bridgehead atoms. The third-order valence-electron chi connectivity index (χ3n) is 4.77. The number of sulfonamides is 2. The molecule has 3 aromatic rings. The molecule has 0 spiro atoms. The molecule has 8 nitrogen and oxygen atoms in total. The Morgan fingerprint density at radius 2 is 1.24 bits per heavy atom. The van der Waals surface area contributed by atoms with Crippen molar-refractivity contribution in [2.45, 2.75) is 22.6 Å². The van der Waals surface area contributed by atoms with Crippen LogP contribution in [-0.4, -0.2) is 35.8 Å². The zero-order chi connectivity index (χ0) is 24.6. The van der Waals surface area contributed by atoms with Crippen molar-refractivity contribution in [2.24, 2.45) is 0 Å². The van der Waals surface area contributed by atoms with Crippen LogP contribution in [0, 0.1) is 0 Å². The van der Waals surface area contributed by atoms with Crippen molar-refractivity contribution in [3.63, 3.8) is 0 Å². The Hall–Kier alpha value is -2.57. The van der Waals surface area contributed by atoms with E-state index in [0.29, 0.717) is 12.1 Å². The quantitative estimate of drug-likeness (QED) is 0.329. The lowest BCUT2D eigenvalue weighted by Gasteiger charge is -2.10. The minimum atomic E-state index is -3.72. The van der Waals surface area contributed by atoms with Crippen LogP contribution in [0.25, 0.3) is 0 Å². The fraction of sp³-hybridized carbons (Fsp3) is 0.174. The van der Waals surface area contributed by atoms with Crippen LogP contribution in [0.4, 0.5) is 5.69 Å². The Kier molecular flexibility index (Phi) is 8.97. The van der Waals surface area contributed by atoms with Gasteiger partial charge in [-0.2, -0.15) is 0 Å². The Balaban J connectivity index is 1.46. The number of benzene rings is 3. The molecule has 0 unspecified atom stereocenters. The highest BCUT2D eigenvalue weighted by molar-refractivity contribution is 9.10. The zero-order valence-electron chi connectivity index (χ0n) is 18.1. The van der Waals surface area contributed by atoms with Gasteiger partial charge in [0.1, 0.15) is 0 Å². The summed E-state index contributed by atoms with van der Waals surface area (Å²) in [6.45, 7) is 0.184. The van der Waals surface area contributed by atoms with Crippen molar-refractivity contribution >= 4 is 47.6 Å². The lowest BCUT2D eigenvalue weighted by atomic mass is 10.2. The van der Waals surface area contributed by atoms with Crippen molar-refractivity contribution in [3.05, 3.63) is 88.9 Å². The number of nitrogens with one attached hydrogen (secondary N) is 3. The summed E-state index contributed by atoms with van der Waals surface area (Å²) in [5.41, 5.74) is 1.44. The van der Waals surface area contributed by atoms with Gasteiger partial charge in [-0.3, -0.25) is 4.79 Å². The minimum Gasteiger partial charge on any atom is -0.326 e. The summed E-state index contributed by atoms with van der Waals surface area (Å²) in [4.78, 5) is 12.3. The fourth-order valence-electron chi connectivity index (χ4n) is 2.99. The predicted molar refractivity (Wildman–Crippen MR) is 134 cm³/mol. The van der Waals surface area contributed by atoms with Gasteiger partial charge in [-0.25, -0.2) is 26.3 Å². The molecular weight excluding hydrogens is 542 g/mol. The van der Waals surface area contributed by atoms with Crippen LogP contribution in [0.3, 0.4) is 0 Å². The van der Waals surface area contributed by atoms with E-state index in [2.05, 4.69) is 30.7 Å². The van der Waals surface area contributed by atoms with Crippen LogP contribution >= 0.6 is 15.9 Å². The maximum atomic E-state index is 12.5. The molecule has 3 aromatic carbocycles. The summed E-state index contributed by atoms with van der Waals surface area (Å²) < 4.78 is 55.1. The van der Waals surface area contributed by atoms with Gasteiger partial charge < -0.3 is 5.32 Å². The van der Waals surface area contributed by atoms with Crippen LogP contribution in [0.5, 0.6) is 0 Å². The number of rotatable bonds is 11. The van der Waals surface area contributed by atoms with E-state index in [1.807, 2.05) is 30.3 Å². The van der Waals surface area contributed by atoms with E-state index in [4.69, 9.17) is 0 Å². The first kappa shape index (κ1) is 26.0. The van der Waals surface area contributed by atoms with E-state index in [9.17, 15) is 21.6 Å². The maximum Gasteiger partial charge on any atom is 0.240 e. The standard InChI is InChI=1S/C23H24BrN3O5S2/c24-19-6-10-21(11-7-19)33(29,30)26-17-15-23(28)27-20-8-12-22(13-9-20)34(31,32)25-16-14-18-4-2-1-3-5-18/h1-13,25-26H,14-17H2,(H,27,28). The van der Waals surface area contributed by atoms with Gasteiger partial charge in [0.2, 0.25) is 26.0 Å². The first-order chi connectivity index (χ1) is 16.2. The van der Waals surface area contributed by atoms with Crippen LogP contribution in [0.2, 0.25) is 0 Å². The maximum absolute atomic E-state index is 12.5. The van der Waals surface area contributed by atoms with Crippen LogP contribution in [0.15, 0.2) is 93.1 Å². The second-order valence-corrected chi connectivity index (χ2v) is 11.8. The smallest absolute Gasteiger partial charge is 0.240 e. The number of halogens is 1. The molecule has 0 atom stereocenters. The van der Waals surface area contributed by atoms with Crippen molar-refractivity contribution < 1.29 is 21.6 Å². The molecule has 0 saturated heterocycles. The van der Waals surface area contributed by atoms with Crippen molar-refractivity contribution in [1.29, 1.82) is 0 Å². The lowest BCUT2D eigenvalue weighted by Crippen LogP contribution is -2.28. The predicted octanol–water partition coefficient (Wildman–Crippen LogP) is 3.28. The highest BCUT2D eigenvalue weighted by atomic mass is 79.9. The normalized spacial score (nSPS) is 11.8. The number of hydrogen-bond donors (Lipinski definition) is 3. The largest absolute Gasteiger partial charge is 0.326 e. The highest BCUT2D eigenvalue weighted by Gasteiger charge is 2.15. The summed E-state index contributed by atoms with van der Waals surface area (Å²) in [7, 11) is -7.40. The Morgan fingerprint density at radius 3 is 1.82 bits per heavy atom. The third-order valence-corrected chi connectivity index (χ3v) is 8.25.